The molecule has 16 heavy (non-hydrogen) atoms. The summed E-state index contributed by atoms with van der Waals surface area (Å²) in [5.74, 6) is 2.63. The fourth-order valence-corrected chi connectivity index (χ4v) is 1.37. The lowest BCUT2D eigenvalue weighted by Gasteiger charge is -2.25. The zero-order valence-electron chi connectivity index (χ0n) is 11.1. The van der Waals surface area contributed by atoms with Crippen molar-refractivity contribution in [2.24, 2.45) is 0 Å². The van der Waals surface area contributed by atoms with Crippen LogP contribution in [0.3, 0.4) is 0 Å². The van der Waals surface area contributed by atoms with Crippen molar-refractivity contribution in [1.82, 2.24) is 10.6 Å². The van der Waals surface area contributed by atoms with Crippen LogP contribution >= 0.6 is 0 Å². The van der Waals surface area contributed by atoms with Crippen LogP contribution in [-0.2, 0) is 4.79 Å². The molecule has 0 fully saturated rings. The molecule has 0 spiro atoms. The minimum atomic E-state index is -0.211. The van der Waals surface area contributed by atoms with E-state index in [4.69, 9.17) is 6.42 Å². The van der Waals surface area contributed by atoms with E-state index in [0.717, 1.165) is 6.42 Å². The molecule has 3 nitrogen and oxygen atoms in total. The van der Waals surface area contributed by atoms with Crippen molar-refractivity contribution < 1.29 is 4.79 Å². The number of rotatable bonds is 5. The molecule has 0 radical (unpaired) electrons. The van der Waals surface area contributed by atoms with Crippen LogP contribution in [0.5, 0.6) is 0 Å². The Kier molecular flexibility index (Phi) is 6.13. The van der Waals surface area contributed by atoms with E-state index < -0.39 is 0 Å². The molecule has 2 atom stereocenters. The lowest BCUT2D eigenvalue weighted by molar-refractivity contribution is -0.124. The molecule has 0 heterocycles. The zero-order chi connectivity index (χ0) is 12.8. The first-order valence-corrected chi connectivity index (χ1v) is 5.81. The number of nitrogens with one attached hydrogen (secondary N) is 2. The SMILES string of the molecule is C#CCC(CC)NC(C)C(=O)NC(C)(C)C. The standard InChI is InChI=1S/C13H24N2O/c1-7-9-11(8-2)14-10(3)12(16)15-13(4,5)6/h1,10-11,14H,8-9H2,2-6H3,(H,15,16). The molecule has 0 aromatic carbocycles. The van der Waals surface area contributed by atoms with Gasteiger partial charge in [0.2, 0.25) is 5.91 Å². The lowest BCUT2D eigenvalue weighted by Crippen LogP contribution is -2.51. The number of hydrogen-bond acceptors (Lipinski definition) is 2. The van der Waals surface area contributed by atoms with Gasteiger partial charge in [-0.1, -0.05) is 6.92 Å². The van der Waals surface area contributed by atoms with E-state index in [0.29, 0.717) is 6.42 Å². The van der Waals surface area contributed by atoms with Crippen LogP contribution < -0.4 is 10.6 Å². The van der Waals surface area contributed by atoms with Gasteiger partial charge in [0.05, 0.1) is 6.04 Å². The summed E-state index contributed by atoms with van der Waals surface area (Å²) in [5.41, 5.74) is -0.194. The predicted molar refractivity (Wildman–Crippen MR) is 68.0 cm³/mol. The topological polar surface area (TPSA) is 41.1 Å². The Hall–Kier alpha value is -1.01. The van der Waals surface area contributed by atoms with E-state index in [2.05, 4.69) is 23.5 Å². The lowest BCUT2D eigenvalue weighted by atomic mass is 10.1. The van der Waals surface area contributed by atoms with Crippen molar-refractivity contribution in [2.45, 2.75) is 65.1 Å². The van der Waals surface area contributed by atoms with Crippen LogP contribution in [0.2, 0.25) is 0 Å². The summed E-state index contributed by atoms with van der Waals surface area (Å²) in [6, 6.07) is 0.00300. The molecule has 0 aliphatic rings. The molecule has 3 heteroatoms. The van der Waals surface area contributed by atoms with Gasteiger partial charge in [-0.25, -0.2) is 0 Å². The van der Waals surface area contributed by atoms with Gasteiger partial charge in [0.1, 0.15) is 0 Å². The molecule has 2 N–H and O–H groups in total. The Morgan fingerprint density at radius 3 is 2.38 bits per heavy atom. The maximum Gasteiger partial charge on any atom is 0.237 e. The van der Waals surface area contributed by atoms with Crippen molar-refractivity contribution in [3.05, 3.63) is 0 Å². The fourth-order valence-electron chi connectivity index (χ4n) is 1.37. The molecule has 0 bridgehead atoms. The van der Waals surface area contributed by atoms with Crippen LogP contribution in [0.4, 0.5) is 0 Å². The van der Waals surface area contributed by atoms with E-state index >= 15 is 0 Å². The van der Waals surface area contributed by atoms with Crippen molar-refractivity contribution in [3.8, 4) is 12.3 Å². The molecular weight excluding hydrogens is 200 g/mol. The van der Waals surface area contributed by atoms with E-state index in [1.165, 1.54) is 0 Å². The van der Waals surface area contributed by atoms with Gasteiger partial charge in [0, 0.05) is 18.0 Å². The first-order chi connectivity index (χ1) is 7.30. The van der Waals surface area contributed by atoms with E-state index in [1.54, 1.807) is 0 Å². The molecule has 0 saturated carbocycles. The summed E-state index contributed by atoms with van der Waals surface area (Å²) in [7, 11) is 0. The quantitative estimate of drug-likeness (QED) is 0.698. The number of amides is 1. The second-order valence-corrected chi connectivity index (χ2v) is 5.14. The summed E-state index contributed by atoms with van der Waals surface area (Å²) in [6.07, 6.45) is 6.85. The van der Waals surface area contributed by atoms with Crippen LogP contribution in [-0.4, -0.2) is 23.5 Å². The molecule has 92 valence electrons. The summed E-state index contributed by atoms with van der Waals surface area (Å²) < 4.78 is 0. The molecular formula is C13H24N2O. The van der Waals surface area contributed by atoms with Crippen LogP contribution in [0, 0.1) is 12.3 Å². The molecule has 2 unspecified atom stereocenters. The highest BCUT2D eigenvalue weighted by atomic mass is 16.2. The molecule has 0 aliphatic heterocycles. The van der Waals surface area contributed by atoms with Gasteiger partial charge in [0.15, 0.2) is 0 Å². The monoisotopic (exact) mass is 224 g/mol. The minimum Gasteiger partial charge on any atom is -0.350 e. The third kappa shape index (κ3) is 6.47. The number of carbonyl (C=O) groups excluding carboxylic acids is 1. The van der Waals surface area contributed by atoms with Crippen LogP contribution in [0.1, 0.15) is 47.5 Å². The minimum absolute atomic E-state index is 0.0166. The largest absolute Gasteiger partial charge is 0.350 e. The second-order valence-electron chi connectivity index (χ2n) is 5.14. The first kappa shape index (κ1) is 15.0. The Bertz CT molecular complexity index is 260. The molecule has 0 aliphatic carbocycles. The number of carbonyl (C=O) groups is 1. The van der Waals surface area contributed by atoms with Gasteiger partial charge in [-0.15, -0.1) is 12.3 Å². The highest BCUT2D eigenvalue weighted by Gasteiger charge is 2.20. The maximum atomic E-state index is 11.8. The van der Waals surface area contributed by atoms with Gasteiger partial charge < -0.3 is 10.6 Å². The first-order valence-electron chi connectivity index (χ1n) is 5.81. The average molecular weight is 224 g/mol. The van der Waals surface area contributed by atoms with E-state index in [1.807, 2.05) is 27.7 Å². The smallest absolute Gasteiger partial charge is 0.237 e. The highest BCUT2D eigenvalue weighted by Crippen LogP contribution is 2.02. The van der Waals surface area contributed by atoms with E-state index in [-0.39, 0.29) is 23.5 Å². The van der Waals surface area contributed by atoms with Gasteiger partial charge in [-0.05, 0) is 34.1 Å². The summed E-state index contributed by atoms with van der Waals surface area (Å²) >= 11 is 0. The van der Waals surface area contributed by atoms with Gasteiger partial charge in [-0.3, -0.25) is 4.79 Å². The summed E-state index contributed by atoms with van der Waals surface area (Å²) in [6.45, 7) is 9.83. The van der Waals surface area contributed by atoms with Gasteiger partial charge in [0.25, 0.3) is 0 Å². The third-order valence-electron chi connectivity index (χ3n) is 2.23. The Balaban J connectivity index is 4.19. The van der Waals surface area contributed by atoms with Gasteiger partial charge in [-0.2, -0.15) is 0 Å². The van der Waals surface area contributed by atoms with Crippen molar-refractivity contribution >= 4 is 5.91 Å². The predicted octanol–water partition coefficient (Wildman–Crippen LogP) is 1.68. The summed E-state index contributed by atoms with van der Waals surface area (Å²) in [4.78, 5) is 11.8. The Morgan fingerprint density at radius 2 is 2.00 bits per heavy atom. The molecule has 1 amide bonds. The maximum absolute atomic E-state index is 11.8. The fraction of sp³-hybridized carbons (Fsp3) is 0.769. The number of hydrogen-bond donors (Lipinski definition) is 2. The molecule has 0 aromatic rings. The van der Waals surface area contributed by atoms with Crippen LogP contribution in [0.15, 0.2) is 0 Å². The summed E-state index contributed by atoms with van der Waals surface area (Å²) in [5, 5.41) is 6.17. The van der Waals surface area contributed by atoms with Crippen molar-refractivity contribution in [3.63, 3.8) is 0 Å². The van der Waals surface area contributed by atoms with Crippen molar-refractivity contribution in [1.29, 1.82) is 0 Å². The highest BCUT2D eigenvalue weighted by molar-refractivity contribution is 5.81. The zero-order valence-corrected chi connectivity index (χ0v) is 11.1. The normalized spacial score (nSPS) is 15.0. The van der Waals surface area contributed by atoms with Crippen molar-refractivity contribution in [2.75, 3.05) is 0 Å². The van der Waals surface area contributed by atoms with Gasteiger partial charge >= 0.3 is 0 Å². The Morgan fingerprint density at radius 1 is 1.44 bits per heavy atom. The molecule has 0 saturated heterocycles. The third-order valence-corrected chi connectivity index (χ3v) is 2.23. The average Bonchev–Trinajstić information content (AvgIpc) is 2.14. The second kappa shape index (κ2) is 6.55. The molecule has 0 rings (SSSR count). The number of terminal acetylenes is 1. The van der Waals surface area contributed by atoms with E-state index in [9.17, 15) is 4.79 Å². The molecule has 0 aromatic heterocycles. The Labute approximate surface area is 99.4 Å². The van der Waals surface area contributed by atoms with Crippen LogP contribution in [0.25, 0.3) is 0 Å².